The summed E-state index contributed by atoms with van der Waals surface area (Å²) in [5.74, 6) is 2.54. The van der Waals surface area contributed by atoms with E-state index in [4.69, 9.17) is 0 Å². The van der Waals surface area contributed by atoms with Crippen molar-refractivity contribution in [2.24, 2.45) is 0 Å². The second-order valence-corrected chi connectivity index (χ2v) is 8.86. The van der Waals surface area contributed by atoms with Crippen LogP contribution in [0.15, 0.2) is 48.5 Å². The molecule has 2 aromatic rings. The molecule has 0 N–H and O–H groups in total. The topological polar surface area (TPSA) is 20.3 Å². The van der Waals surface area contributed by atoms with Gasteiger partial charge in [-0.1, -0.05) is 36.4 Å². The Kier molecular flexibility index (Phi) is 5.90. The van der Waals surface area contributed by atoms with Gasteiger partial charge in [0.25, 0.3) is 5.91 Å². The molecule has 2 nitrogen and oxygen atoms in total. The molecule has 1 aliphatic heterocycles. The van der Waals surface area contributed by atoms with Crippen LogP contribution >= 0.6 is 23.5 Å². The van der Waals surface area contributed by atoms with Crippen LogP contribution in [0.4, 0.5) is 0 Å². The van der Waals surface area contributed by atoms with E-state index in [-0.39, 0.29) is 5.91 Å². The minimum Gasteiger partial charge on any atom is -0.337 e. The number of rotatable bonds is 4. The average Bonchev–Trinajstić information content (AvgIpc) is 2.64. The van der Waals surface area contributed by atoms with Crippen molar-refractivity contribution in [3.63, 3.8) is 0 Å². The van der Waals surface area contributed by atoms with E-state index in [0.717, 1.165) is 5.56 Å². The first-order valence-electron chi connectivity index (χ1n) is 8.28. The molecule has 126 valence electrons. The summed E-state index contributed by atoms with van der Waals surface area (Å²) in [4.78, 5) is 14.5. The highest BCUT2D eigenvalue weighted by Crippen LogP contribution is 2.43. The predicted octanol–water partition coefficient (Wildman–Crippen LogP) is 5.14. The number of benzene rings is 2. The molecule has 0 saturated carbocycles. The molecule has 1 amide bonds. The highest BCUT2D eigenvalue weighted by Gasteiger charge is 2.18. The van der Waals surface area contributed by atoms with Crippen LogP contribution in [-0.4, -0.2) is 29.4 Å². The predicted molar refractivity (Wildman–Crippen MR) is 106 cm³/mol. The van der Waals surface area contributed by atoms with Crippen molar-refractivity contribution in [2.45, 2.75) is 24.5 Å². The van der Waals surface area contributed by atoms with E-state index in [9.17, 15) is 4.79 Å². The Labute approximate surface area is 153 Å². The fourth-order valence-electron chi connectivity index (χ4n) is 2.80. The molecule has 1 fully saturated rings. The Morgan fingerprint density at radius 1 is 1.08 bits per heavy atom. The fraction of sp³-hybridized carbons (Fsp3) is 0.350. The lowest BCUT2D eigenvalue weighted by atomic mass is 10.1. The Hall–Kier alpha value is -1.39. The van der Waals surface area contributed by atoms with Crippen LogP contribution < -0.4 is 0 Å². The van der Waals surface area contributed by atoms with Gasteiger partial charge in [-0.15, -0.1) is 23.5 Å². The van der Waals surface area contributed by atoms with E-state index in [1.165, 1.54) is 34.6 Å². The molecule has 0 radical (unpaired) electrons. The summed E-state index contributed by atoms with van der Waals surface area (Å²) in [6.07, 6.45) is 1.30. The molecule has 0 aromatic heterocycles. The molecule has 0 unspecified atom stereocenters. The van der Waals surface area contributed by atoms with Crippen molar-refractivity contribution in [3.8, 4) is 0 Å². The Morgan fingerprint density at radius 2 is 1.75 bits per heavy atom. The lowest BCUT2D eigenvalue weighted by Crippen LogP contribution is -2.26. The lowest BCUT2D eigenvalue weighted by molar-refractivity contribution is 0.0785. The van der Waals surface area contributed by atoms with Crippen molar-refractivity contribution in [3.05, 3.63) is 70.8 Å². The number of carbonyl (C=O) groups excluding carboxylic acids is 1. The molecule has 3 rings (SSSR count). The molecule has 0 atom stereocenters. The van der Waals surface area contributed by atoms with E-state index in [2.05, 4.69) is 31.2 Å². The highest BCUT2D eigenvalue weighted by molar-refractivity contribution is 8.16. The van der Waals surface area contributed by atoms with E-state index < -0.39 is 0 Å². The van der Waals surface area contributed by atoms with Crippen molar-refractivity contribution >= 4 is 29.4 Å². The molecule has 2 aromatic carbocycles. The first-order valence-corrected chi connectivity index (χ1v) is 10.4. The highest BCUT2D eigenvalue weighted by atomic mass is 32.2. The van der Waals surface area contributed by atoms with Gasteiger partial charge in [0, 0.05) is 19.2 Å². The number of nitrogens with zero attached hydrogens (tertiary/aromatic N) is 1. The molecular weight excluding hydrogens is 334 g/mol. The maximum absolute atomic E-state index is 12.7. The number of hydrogen-bond donors (Lipinski definition) is 0. The third kappa shape index (κ3) is 4.17. The van der Waals surface area contributed by atoms with E-state index in [0.29, 0.717) is 11.1 Å². The van der Waals surface area contributed by atoms with Gasteiger partial charge in [0.2, 0.25) is 0 Å². The summed E-state index contributed by atoms with van der Waals surface area (Å²) in [7, 11) is 1.87. The molecule has 1 saturated heterocycles. The summed E-state index contributed by atoms with van der Waals surface area (Å²) < 4.78 is 0.521. The van der Waals surface area contributed by atoms with Gasteiger partial charge < -0.3 is 4.90 Å². The van der Waals surface area contributed by atoms with Crippen molar-refractivity contribution in [2.75, 3.05) is 18.6 Å². The molecule has 1 heterocycles. The summed E-state index contributed by atoms with van der Waals surface area (Å²) in [6, 6.07) is 16.4. The number of carbonyl (C=O) groups is 1. The Bertz CT molecular complexity index is 693. The van der Waals surface area contributed by atoms with Crippen molar-refractivity contribution in [1.82, 2.24) is 4.90 Å². The molecule has 4 heteroatoms. The smallest absolute Gasteiger partial charge is 0.253 e. The molecule has 0 spiro atoms. The summed E-state index contributed by atoms with van der Waals surface area (Å²) in [5, 5.41) is 0. The van der Waals surface area contributed by atoms with Gasteiger partial charge in [-0.05, 0) is 53.7 Å². The molecular formula is C20H23NOS2. The van der Waals surface area contributed by atoms with Crippen LogP contribution in [0.25, 0.3) is 0 Å². The average molecular weight is 358 g/mol. The first-order chi connectivity index (χ1) is 11.6. The van der Waals surface area contributed by atoms with Crippen LogP contribution in [0, 0.1) is 6.92 Å². The number of hydrogen-bond acceptors (Lipinski definition) is 3. The van der Waals surface area contributed by atoms with Crippen LogP contribution in [0.1, 0.15) is 38.1 Å². The minimum atomic E-state index is 0.0775. The lowest BCUT2D eigenvalue weighted by Gasteiger charge is -2.22. The van der Waals surface area contributed by atoms with Gasteiger partial charge in [0.05, 0.1) is 4.58 Å². The van der Waals surface area contributed by atoms with Crippen molar-refractivity contribution in [1.29, 1.82) is 0 Å². The van der Waals surface area contributed by atoms with Gasteiger partial charge >= 0.3 is 0 Å². The Balaban J connectivity index is 1.67. The monoisotopic (exact) mass is 357 g/mol. The standard InChI is InChI=1S/C20H23NOS2/c1-15-6-3-4-7-18(15)14-21(2)19(22)16-8-10-17(11-9-16)20-23-12-5-13-24-20/h3-4,6-11,20H,5,12-14H2,1-2H3. The normalized spacial score (nSPS) is 15.2. The molecule has 24 heavy (non-hydrogen) atoms. The Morgan fingerprint density at radius 3 is 2.42 bits per heavy atom. The summed E-state index contributed by atoms with van der Waals surface area (Å²) in [6.45, 7) is 2.73. The molecule has 0 bridgehead atoms. The van der Waals surface area contributed by atoms with Crippen molar-refractivity contribution < 1.29 is 4.79 Å². The first kappa shape index (κ1) is 17.4. The minimum absolute atomic E-state index is 0.0775. The van der Waals surface area contributed by atoms with Crippen LogP contribution in [0.2, 0.25) is 0 Å². The molecule has 1 aliphatic rings. The number of amides is 1. The van der Waals surface area contributed by atoms with Crippen LogP contribution in [0.5, 0.6) is 0 Å². The number of thioether (sulfide) groups is 2. The second kappa shape index (κ2) is 8.13. The third-order valence-electron chi connectivity index (χ3n) is 4.27. The van der Waals surface area contributed by atoms with Gasteiger partial charge in [-0.25, -0.2) is 0 Å². The summed E-state index contributed by atoms with van der Waals surface area (Å²) >= 11 is 4.02. The van der Waals surface area contributed by atoms with E-state index >= 15 is 0 Å². The molecule has 0 aliphatic carbocycles. The van der Waals surface area contributed by atoms with Gasteiger partial charge in [-0.3, -0.25) is 4.79 Å². The van der Waals surface area contributed by atoms with Gasteiger partial charge in [-0.2, -0.15) is 0 Å². The van der Waals surface area contributed by atoms with Crippen LogP contribution in [-0.2, 0) is 6.54 Å². The largest absolute Gasteiger partial charge is 0.337 e. The zero-order valence-corrected chi connectivity index (χ0v) is 15.8. The third-order valence-corrected chi connectivity index (χ3v) is 7.29. The summed E-state index contributed by atoms with van der Waals surface area (Å²) in [5.41, 5.74) is 4.50. The van der Waals surface area contributed by atoms with Gasteiger partial charge in [0.15, 0.2) is 0 Å². The second-order valence-electron chi connectivity index (χ2n) is 6.14. The van der Waals surface area contributed by atoms with Crippen LogP contribution in [0.3, 0.4) is 0 Å². The van der Waals surface area contributed by atoms with Gasteiger partial charge in [0.1, 0.15) is 0 Å². The van der Waals surface area contributed by atoms with E-state index in [1.54, 1.807) is 4.90 Å². The zero-order chi connectivity index (χ0) is 16.9. The van der Waals surface area contributed by atoms with E-state index in [1.807, 2.05) is 54.8 Å². The maximum atomic E-state index is 12.7. The quantitative estimate of drug-likeness (QED) is 0.756. The fourth-order valence-corrected chi connectivity index (χ4v) is 5.69. The maximum Gasteiger partial charge on any atom is 0.253 e. The number of aryl methyl sites for hydroxylation is 1. The SMILES string of the molecule is Cc1ccccc1CN(C)C(=O)c1ccc(C2SCCCS2)cc1. The zero-order valence-electron chi connectivity index (χ0n) is 14.2.